The van der Waals surface area contributed by atoms with Crippen LogP contribution in [-0.2, 0) is 6.54 Å². The van der Waals surface area contributed by atoms with Gasteiger partial charge in [-0.05, 0) is 28.8 Å². The lowest BCUT2D eigenvalue weighted by Crippen LogP contribution is -1.95. The van der Waals surface area contributed by atoms with Crippen LogP contribution in [-0.4, -0.2) is 4.98 Å². The molecule has 1 heterocycles. The Morgan fingerprint density at radius 1 is 1.15 bits per heavy atom. The van der Waals surface area contributed by atoms with Gasteiger partial charge in [0.05, 0.1) is 0 Å². The van der Waals surface area contributed by atoms with Crippen molar-refractivity contribution in [1.82, 2.24) is 4.98 Å². The molecule has 0 saturated carbocycles. The molecule has 0 unspecified atom stereocenters. The van der Waals surface area contributed by atoms with Crippen LogP contribution in [0.15, 0.2) is 42.7 Å². The molecule has 1 aromatic heterocycles. The van der Waals surface area contributed by atoms with E-state index in [1.54, 1.807) is 0 Å². The molecule has 0 aliphatic heterocycles. The van der Waals surface area contributed by atoms with Gasteiger partial charge in [-0.2, -0.15) is 0 Å². The maximum atomic E-state index is 5.56. The van der Waals surface area contributed by atoms with E-state index in [2.05, 4.69) is 23.2 Å². The fourth-order valence-corrected chi connectivity index (χ4v) is 1.38. The normalized spacial score (nSPS) is 10.2. The molecule has 0 saturated heterocycles. The summed E-state index contributed by atoms with van der Waals surface area (Å²) in [5.74, 6) is 0. The molecule has 2 aromatic rings. The lowest BCUT2D eigenvalue weighted by Gasteiger charge is -2.00. The van der Waals surface area contributed by atoms with Crippen LogP contribution in [0.1, 0.15) is 5.56 Å². The first-order valence-electron chi connectivity index (χ1n) is 4.32. The third-order valence-electron chi connectivity index (χ3n) is 2.09. The van der Waals surface area contributed by atoms with Crippen LogP contribution in [0.5, 0.6) is 0 Å². The smallest absolute Gasteiger partial charge is 0.0178 e. The van der Waals surface area contributed by atoms with Crippen molar-refractivity contribution < 1.29 is 0 Å². The van der Waals surface area contributed by atoms with Gasteiger partial charge in [-0.15, -0.1) is 0 Å². The van der Waals surface area contributed by atoms with Crippen LogP contribution in [0.3, 0.4) is 0 Å². The summed E-state index contributed by atoms with van der Waals surface area (Å²) in [6.07, 6.45) is 3.90. The van der Waals surface area contributed by atoms with Gasteiger partial charge in [0.1, 0.15) is 0 Å². The van der Waals surface area contributed by atoms with Crippen molar-refractivity contribution >= 4 is 0 Å². The lowest BCUT2D eigenvalue weighted by molar-refractivity contribution is 1.07. The zero-order chi connectivity index (χ0) is 9.10. The fourth-order valence-electron chi connectivity index (χ4n) is 1.38. The van der Waals surface area contributed by atoms with Crippen molar-refractivity contribution in [1.29, 1.82) is 0 Å². The molecule has 0 amide bonds. The molecule has 0 radical (unpaired) electrons. The van der Waals surface area contributed by atoms with Crippen LogP contribution in [0, 0.1) is 0 Å². The van der Waals surface area contributed by atoms with E-state index >= 15 is 0 Å². The Labute approximate surface area is 77.4 Å². The number of rotatable bonds is 2. The SMILES string of the molecule is NCc1cccc(-c2cc[nH]c2)c1. The molecular weight excluding hydrogens is 160 g/mol. The van der Waals surface area contributed by atoms with Gasteiger partial charge in [0, 0.05) is 18.9 Å². The van der Waals surface area contributed by atoms with E-state index in [-0.39, 0.29) is 0 Å². The van der Waals surface area contributed by atoms with E-state index in [4.69, 9.17) is 5.73 Å². The van der Waals surface area contributed by atoms with Crippen LogP contribution >= 0.6 is 0 Å². The molecule has 0 spiro atoms. The highest BCUT2D eigenvalue weighted by Crippen LogP contribution is 2.19. The van der Waals surface area contributed by atoms with Crippen molar-refractivity contribution in [2.75, 3.05) is 0 Å². The number of aromatic nitrogens is 1. The molecule has 1 aromatic carbocycles. The van der Waals surface area contributed by atoms with Crippen molar-refractivity contribution in [3.63, 3.8) is 0 Å². The Balaban J connectivity index is 2.41. The van der Waals surface area contributed by atoms with Crippen LogP contribution < -0.4 is 5.73 Å². The second-order valence-corrected chi connectivity index (χ2v) is 3.00. The molecule has 66 valence electrons. The zero-order valence-corrected chi connectivity index (χ0v) is 7.33. The molecule has 0 atom stereocenters. The summed E-state index contributed by atoms with van der Waals surface area (Å²) < 4.78 is 0. The maximum Gasteiger partial charge on any atom is 0.0178 e. The van der Waals surface area contributed by atoms with Gasteiger partial charge in [-0.3, -0.25) is 0 Å². The highest BCUT2D eigenvalue weighted by molar-refractivity contribution is 5.63. The van der Waals surface area contributed by atoms with Gasteiger partial charge in [-0.1, -0.05) is 18.2 Å². The highest BCUT2D eigenvalue weighted by atomic mass is 14.6. The van der Waals surface area contributed by atoms with Crippen molar-refractivity contribution in [3.05, 3.63) is 48.3 Å². The predicted molar refractivity (Wildman–Crippen MR) is 54.1 cm³/mol. The molecule has 0 fully saturated rings. The molecule has 0 aliphatic rings. The quantitative estimate of drug-likeness (QED) is 0.716. The summed E-state index contributed by atoms with van der Waals surface area (Å²) in [5.41, 5.74) is 9.15. The maximum absolute atomic E-state index is 5.56. The van der Waals surface area contributed by atoms with Crippen molar-refractivity contribution in [3.8, 4) is 11.1 Å². The highest BCUT2D eigenvalue weighted by Gasteiger charge is 1.97. The second-order valence-electron chi connectivity index (χ2n) is 3.00. The largest absolute Gasteiger partial charge is 0.367 e. The number of benzene rings is 1. The molecule has 13 heavy (non-hydrogen) atoms. The van der Waals surface area contributed by atoms with E-state index < -0.39 is 0 Å². The molecule has 0 bridgehead atoms. The van der Waals surface area contributed by atoms with Gasteiger partial charge in [0.15, 0.2) is 0 Å². The molecule has 3 N–H and O–H groups in total. The van der Waals surface area contributed by atoms with E-state index in [1.165, 1.54) is 16.7 Å². The minimum absolute atomic E-state index is 0.595. The summed E-state index contributed by atoms with van der Waals surface area (Å²) in [6, 6.07) is 10.3. The standard InChI is InChI=1S/C11H12N2/c12-7-9-2-1-3-10(6-9)11-4-5-13-8-11/h1-6,8,13H,7,12H2. The molecule has 2 heteroatoms. The van der Waals surface area contributed by atoms with Gasteiger partial charge in [0.25, 0.3) is 0 Å². The molecule has 2 nitrogen and oxygen atoms in total. The number of hydrogen-bond donors (Lipinski definition) is 2. The first-order valence-corrected chi connectivity index (χ1v) is 4.32. The average molecular weight is 172 g/mol. The lowest BCUT2D eigenvalue weighted by atomic mass is 10.1. The van der Waals surface area contributed by atoms with Crippen LogP contribution in [0.25, 0.3) is 11.1 Å². The van der Waals surface area contributed by atoms with E-state index in [0.717, 1.165) is 0 Å². The number of hydrogen-bond acceptors (Lipinski definition) is 1. The topological polar surface area (TPSA) is 41.8 Å². The van der Waals surface area contributed by atoms with Gasteiger partial charge < -0.3 is 10.7 Å². The second kappa shape index (κ2) is 3.46. The summed E-state index contributed by atoms with van der Waals surface area (Å²) in [7, 11) is 0. The van der Waals surface area contributed by atoms with Gasteiger partial charge in [0.2, 0.25) is 0 Å². The summed E-state index contributed by atoms with van der Waals surface area (Å²) >= 11 is 0. The monoisotopic (exact) mass is 172 g/mol. The Kier molecular flexibility index (Phi) is 2.15. The van der Waals surface area contributed by atoms with E-state index in [0.29, 0.717) is 6.54 Å². The Bertz CT molecular complexity index is 377. The van der Waals surface area contributed by atoms with E-state index in [1.807, 2.05) is 24.5 Å². The summed E-state index contributed by atoms with van der Waals surface area (Å²) in [5, 5.41) is 0. The fraction of sp³-hybridized carbons (Fsp3) is 0.0909. The molecular formula is C11H12N2. The minimum Gasteiger partial charge on any atom is -0.367 e. The van der Waals surface area contributed by atoms with Gasteiger partial charge in [-0.25, -0.2) is 0 Å². The Morgan fingerprint density at radius 3 is 2.77 bits per heavy atom. The predicted octanol–water partition coefficient (Wildman–Crippen LogP) is 2.14. The van der Waals surface area contributed by atoms with E-state index in [9.17, 15) is 0 Å². The third-order valence-corrected chi connectivity index (χ3v) is 2.09. The number of nitrogens with one attached hydrogen (secondary N) is 1. The number of aromatic amines is 1. The molecule has 0 aliphatic carbocycles. The zero-order valence-electron chi connectivity index (χ0n) is 7.33. The van der Waals surface area contributed by atoms with Crippen LogP contribution in [0.4, 0.5) is 0 Å². The van der Waals surface area contributed by atoms with Crippen molar-refractivity contribution in [2.45, 2.75) is 6.54 Å². The third kappa shape index (κ3) is 1.63. The Hall–Kier alpha value is -1.54. The van der Waals surface area contributed by atoms with Crippen molar-refractivity contribution in [2.24, 2.45) is 5.73 Å². The van der Waals surface area contributed by atoms with Gasteiger partial charge >= 0.3 is 0 Å². The molecule has 2 rings (SSSR count). The average Bonchev–Trinajstić information content (AvgIpc) is 2.71. The summed E-state index contributed by atoms with van der Waals surface area (Å²) in [4.78, 5) is 3.03. The van der Waals surface area contributed by atoms with Crippen LogP contribution in [0.2, 0.25) is 0 Å². The Morgan fingerprint density at radius 2 is 2.08 bits per heavy atom. The number of H-pyrrole nitrogens is 1. The summed E-state index contributed by atoms with van der Waals surface area (Å²) in [6.45, 7) is 0.595. The first kappa shape index (κ1) is 8.08. The number of nitrogens with two attached hydrogens (primary N) is 1. The first-order chi connectivity index (χ1) is 6.40. The minimum atomic E-state index is 0.595.